The molecule has 0 radical (unpaired) electrons. The molecule has 1 amide bonds. The fourth-order valence-corrected chi connectivity index (χ4v) is 3.89. The van der Waals surface area contributed by atoms with Crippen LogP contribution in [-0.4, -0.2) is 33.3 Å². The summed E-state index contributed by atoms with van der Waals surface area (Å²) >= 11 is 0. The molecule has 0 aromatic heterocycles. The number of hydrogen-bond donors (Lipinski definition) is 1. The molecule has 0 saturated carbocycles. The molecule has 1 unspecified atom stereocenters. The highest BCUT2D eigenvalue weighted by atomic mass is 16.5. The Bertz CT molecular complexity index is 1080. The van der Waals surface area contributed by atoms with Crippen LogP contribution in [0.5, 0.6) is 23.0 Å². The van der Waals surface area contributed by atoms with Gasteiger partial charge >= 0.3 is 0 Å². The number of rotatable bonds is 8. The number of benzene rings is 3. The summed E-state index contributed by atoms with van der Waals surface area (Å²) in [5.74, 6) is 2.37. The fraction of sp³-hybridized carbons (Fsp3) is 0.296. The van der Waals surface area contributed by atoms with Crippen LogP contribution in [0.3, 0.4) is 0 Å². The Morgan fingerprint density at radius 2 is 1.67 bits per heavy atom. The van der Waals surface area contributed by atoms with E-state index in [0.29, 0.717) is 30.3 Å². The summed E-state index contributed by atoms with van der Waals surface area (Å²) in [4.78, 5) is 13.2. The van der Waals surface area contributed by atoms with Crippen molar-refractivity contribution in [2.75, 3.05) is 27.4 Å². The Hall–Kier alpha value is -3.67. The molecule has 0 aliphatic carbocycles. The Labute approximate surface area is 194 Å². The first kappa shape index (κ1) is 22.5. The first-order valence-electron chi connectivity index (χ1n) is 11.1. The third-order valence-electron chi connectivity index (χ3n) is 5.69. The van der Waals surface area contributed by atoms with Gasteiger partial charge in [-0.2, -0.15) is 0 Å². The predicted octanol–water partition coefficient (Wildman–Crippen LogP) is 4.97. The zero-order valence-corrected chi connectivity index (χ0v) is 19.0. The van der Waals surface area contributed by atoms with Crippen LogP contribution in [0, 0.1) is 0 Å². The van der Waals surface area contributed by atoms with E-state index in [-0.39, 0.29) is 11.9 Å². The highest BCUT2D eigenvalue weighted by Crippen LogP contribution is 2.34. The van der Waals surface area contributed by atoms with Crippen LogP contribution in [0.1, 0.15) is 40.4 Å². The molecular formula is C27H29NO5. The molecule has 0 fully saturated rings. The van der Waals surface area contributed by atoms with Gasteiger partial charge in [-0.3, -0.25) is 4.79 Å². The molecule has 1 heterocycles. The third-order valence-corrected chi connectivity index (χ3v) is 5.69. The van der Waals surface area contributed by atoms with E-state index in [1.54, 1.807) is 32.4 Å². The average Bonchev–Trinajstić information content (AvgIpc) is 3.11. The van der Waals surface area contributed by atoms with Crippen LogP contribution in [0.4, 0.5) is 0 Å². The lowest BCUT2D eigenvalue weighted by Gasteiger charge is -2.21. The summed E-state index contributed by atoms with van der Waals surface area (Å²) in [7, 11) is 3.13. The van der Waals surface area contributed by atoms with Crippen molar-refractivity contribution >= 4 is 5.91 Å². The summed E-state index contributed by atoms with van der Waals surface area (Å²) in [6.45, 7) is 1.25. The maximum Gasteiger partial charge on any atom is 0.251 e. The van der Waals surface area contributed by atoms with Gasteiger partial charge in [0.2, 0.25) is 0 Å². The quantitative estimate of drug-likeness (QED) is 0.528. The van der Waals surface area contributed by atoms with Gasteiger partial charge in [0.15, 0.2) is 23.0 Å². The van der Waals surface area contributed by atoms with E-state index in [1.165, 1.54) is 5.56 Å². The summed E-state index contributed by atoms with van der Waals surface area (Å²) < 4.78 is 22.3. The number of amides is 1. The first-order valence-corrected chi connectivity index (χ1v) is 11.1. The summed E-state index contributed by atoms with van der Waals surface area (Å²) in [6.07, 6.45) is 2.41. The summed E-state index contributed by atoms with van der Waals surface area (Å²) in [6, 6.07) is 21.1. The number of ether oxygens (including phenoxy) is 4. The topological polar surface area (TPSA) is 66.0 Å². The number of carbonyl (C=O) groups is 1. The van der Waals surface area contributed by atoms with Crippen LogP contribution < -0.4 is 24.3 Å². The van der Waals surface area contributed by atoms with Crippen molar-refractivity contribution in [2.24, 2.45) is 0 Å². The van der Waals surface area contributed by atoms with Crippen LogP contribution >= 0.6 is 0 Å². The van der Waals surface area contributed by atoms with E-state index >= 15 is 0 Å². The average molecular weight is 448 g/mol. The minimum Gasteiger partial charge on any atom is -0.493 e. The smallest absolute Gasteiger partial charge is 0.251 e. The molecule has 1 atom stereocenters. The molecular weight excluding hydrogens is 418 g/mol. The van der Waals surface area contributed by atoms with Crippen molar-refractivity contribution in [1.82, 2.24) is 5.32 Å². The van der Waals surface area contributed by atoms with Gasteiger partial charge in [0.05, 0.1) is 33.5 Å². The van der Waals surface area contributed by atoms with Gasteiger partial charge in [0.1, 0.15) is 0 Å². The lowest BCUT2D eigenvalue weighted by atomic mass is 9.98. The molecule has 33 heavy (non-hydrogen) atoms. The molecule has 0 bridgehead atoms. The first-order chi connectivity index (χ1) is 16.2. The van der Waals surface area contributed by atoms with Crippen molar-refractivity contribution in [3.05, 3.63) is 83.4 Å². The van der Waals surface area contributed by atoms with E-state index in [0.717, 1.165) is 36.3 Å². The van der Waals surface area contributed by atoms with E-state index in [9.17, 15) is 4.79 Å². The molecule has 1 aliphatic heterocycles. The second-order valence-electron chi connectivity index (χ2n) is 7.88. The van der Waals surface area contributed by atoms with E-state index < -0.39 is 0 Å². The second-order valence-corrected chi connectivity index (χ2v) is 7.88. The van der Waals surface area contributed by atoms with Gasteiger partial charge in [-0.05, 0) is 54.3 Å². The second kappa shape index (κ2) is 10.8. The summed E-state index contributed by atoms with van der Waals surface area (Å²) in [5, 5.41) is 3.20. The maximum atomic E-state index is 13.2. The van der Waals surface area contributed by atoms with E-state index in [4.69, 9.17) is 18.9 Å². The monoisotopic (exact) mass is 447 g/mol. The molecule has 3 aromatic carbocycles. The van der Waals surface area contributed by atoms with Gasteiger partial charge in [0.25, 0.3) is 5.91 Å². The van der Waals surface area contributed by atoms with Crippen LogP contribution in [0.25, 0.3) is 0 Å². The standard InChI is InChI=1S/C27H29NO5/c1-30-23-13-11-21(18-25(23)31-2)27(29)28-22(12-9-19-7-4-3-5-8-19)20-10-14-24-26(17-20)33-16-6-15-32-24/h3-5,7-8,10-11,13-14,17-18,22H,6,9,12,15-16H2,1-2H3,(H,28,29). The van der Waals surface area contributed by atoms with Gasteiger partial charge in [0, 0.05) is 12.0 Å². The highest BCUT2D eigenvalue weighted by Gasteiger charge is 2.20. The number of nitrogens with one attached hydrogen (secondary N) is 1. The highest BCUT2D eigenvalue weighted by molar-refractivity contribution is 5.95. The zero-order valence-electron chi connectivity index (χ0n) is 19.0. The predicted molar refractivity (Wildman–Crippen MR) is 127 cm³/mol. The molecule has 1 aliphatic rings. The Morgan fingerprint density at radius 1 is 0.909 bits per heavy atom. The van der Waals surface area contributed by atoms with Gasteiger partial charge < -0.3 is 24.3 Å². The number of fused-ring (bicyclic) bond motifs is 1. The number of hydrogen-bond acceptors (Lipinski definition) is 5. The third kappa shape index (κ3) is 5.58. The lowest BCUT2D eigenvalue weighted by Crippen LogP contribution is -2.29. The Balaban J connectivity index is 1.58. The largest absolute Gasteiger partial charge is 0.493 e. The van der Waals surface area contributed by atoms with E-state index in [1.807, 2.05) is 36.4 Å². The molecule has 1 N–H and O–H groups in total. The zero-order chi connectivity index (χ0) is 23.0. The molecule has 6 heteroatoms. The van der Waals surface area contributed by atoms with E-state index in [2.05, 4.69) is 17.4 Å². The van der Waals surface area contributed by atoms with Crippen LogP contribution in [0.2, 0.25) is 0 Å². The van der Waals surface area contributed by atoms with Crippen LogP contribution in [0.15, 0.2) is 66.7 Å². The van der Waals surface area contributed by atoms with Crippen molar-refractivity contribution in [1.29, 1.82) is 0 Å². The van der Waals surface area contributed by atoms with Gasteiger partial charge in [-0.15, -0.1) is 0 Å². The number of aryl methyl sites for hydroxylation is 1. The van der Waals surface area contributed by atoms with Crippen LogP contribution in [-0.2, 0) is 6.42 Å². The van der Waals surface area contributed by atoms with Crippen molar-refractivity contribution in [3.8, 4) is 23.0 Å². The van der Waals surface area contributed by atoms with Crippen molar-refractivity contribution in [3.63, 3.8) is 0 Å². The normalized spacial score (nSPS) is 13.5. The van der Waals surface area contributed by atoms with Gasteiger partial charge in [-0.25, -0.2) is 0 Å². The lowest BCUT2D eigenvalue weighted by molar-refractivity contribution is 0.0934. The number of carbonyl (C=O) groups excluding carboxylic acids is 1. The van der Waals surface area contributed by atoms with Crippen molar-refractivity contribution in [2.45, 2.75) is 25.3 Å². The minimum absolute atomic E-state index is 0.180. The molecule has 4 rings (SSSR count). The Kier molecular flexibility index (Phi) is 7.35. The minimum atomic E-state index is -0.206. The van der Waals surface area contributed by atoms with Crippen molar-refractivity contribution < 1.29 is 23.7 Å². The Morgan fingerprint density at radius 3 is 2.42 bits per heavy atom. The molecule has 0 saturated heterocycles. The van der Waals surface area contributed by atoms with Gasteiger partial charge in [-0.1, -0.05) is 36.4 Å². The SMILES string of the molecule is COc1ccc(C(=O)NC(CCc2ccccc2)c2ccc3c(c2)OCCCO3)cc1OC. The molecule has 0 spiro atoms. The molecule has 3 aromatic rings. The fourth-order valence-electron chi connectivity index (χ4n) is 3.89. The molecule has 172 valence electrons. The maximum absolute atomic E-state index is 13.2. The number of methoxy groups -OCH3 is 2. The summed E-state index contributed by atoms with van der Waals surface area (Å²) in [5.41, 5.74) is 2.70. The molecule has 6 nitrogen and oxygen atoms in total.